The number of carbonyl (C=O) groups excluding carboxylic acids is 1. The Morgan fingerprint density at radius 1 is 1.54 bits per heavy atom. The molecule has 1 rings (SSSR count). The molecular weight excluding hydrogens is 198 g/mol. The predicted molar refractivity (Wildman–Crippen MR) is 44.9 cm³/mol. The van der Waals surface area contributed by atoms with Crippen LogP contribution in [-0.4, -0.2) is 15.3 Å². The van der Waals surface area contributed by atoms with E-state index in [1.54, 1.807) is 0 Å². The van der Waals surface area contributed by atoms with Crippen LogP contribution < -0.4 is 0 Å². The number of nitro benzene ring substituents is 1. The average molecular weight is 202 g/mol. The van der Waals surface area contributed by atoms with Gasteiger partial charge < -0.3 is 5.11 Å². The Bertz CT molecular complexity index is 377. The molecular formula is C7H4ClNO4. The molecule has 0 saturated carbocycles. The van der Waals surface area contributed by atoms with Crippen molar-refractivity contribution in [2.75, 3.05) is 0 Å². The van der Waals surface area contributed by atoms with Crippen LogP contribution in [0.15, 0.2) is 18.2 Å². The van der Waals surface area contributed by atoms with Crippen molar-refractivity contribution in [3.63, 3.8) is 0 Å². The summed E-state index contributed by atoms with van der Waals surface area (Å²) in [6.45, 7) is 0. The summed E-state index contributed by atoms with van der Waals surface area (Å²) >= 11 is 5.09. The van der Waals surface area contributed by atoms with Gasteiger partial charge in [-0.15, -0.1) is 0 Å². The quantitative estimate of drug-likeness (QED) is 0.448. The molecule has 0 heterocycles. The molecule has 0 aliphatic rings. The van der Waals surface area contributed by atoms with E-state index < -0.39 is 21.6 Å². The lowest BCUT2D eigenvalue weighted by molar-refractivity contribution is -0.385. The van der Waals surface area contributed by atoms with Gasteiger partial charge in [-0.05, 0) is 23.7 Å². The van der Waals surface area contributed by atoms with Gasteiger partial charge >= 0.3 is 5.69 Å². The predicted octanol–water partition coefficient (Wildman–Crippen LogP) is 1.68. The summed E-state index contributed by atoms with van der Waals surface area (Å²) in [6, 6.07) is 3.14. The van der Waals surface area contributed by atoms with Crippen molar-refractivity contribution >= 4 is 22.5 Å². The molecule has 1 aromatic rings. The van der Waals surface area contributed by atoms with Gasteiger partial charge in [0.1, 0.15) is 0 Å². The van der Waals surface area contributed by atoms with E-state index in [9.17, 15) is 14.9 Å². The number of halogens is 1. The van der Waals surface area contributed by atoms with E-state index in [0.717, 1.165) is 12.1 Å². The van der Waals surface area contributed by atoms with Crippen LogP contribution in [0, 0.1) is 10.1 Å². The molecule has 0 atom stereocenters. The van der Waals surface area contributed by atoms with Gasteiger partial charge in [-0.2, -0.15) is 0 Å². The van der Waals surface area contributed by atoms with Crippen LogP contribution in [0.3, 0.4) is 0 Å². The number of nitro groups is 1. The van der Waals surface area contributed by atoms with Gasteiger partial charge in [0.15, 0.2) is 5.75 Å². The van der Waals surface area contributed by atoms with Crippen LogP contribution in [0.1, 0.15) is 10.4 Å². The lowest BCUT2D eigenvalue weighted by Crippen LogP contribution is -1.92. The molecule has 13 heavy (non-hydrogen) atoms. The highest BCUT2D eigenvalue weighted by molar-refractivity contribution is 6.67. The lowest BCUT2D eigenvalue weighted by Gasteiger charge is -1.96. The number of hydrogen-bond donors (Lipinski definition) is 1. The monoisotopic (exact) mass is 201 g/mol. The zero-order valence-electron chi connectivity index (χ0n) is 6.23. The third-order valence-corrected chi connectivity index (χ3v) is 1.62. The van der Waals surface area contributed by atoms with E-state index >= 15 is 0 Å². The maximum absolute atomic E-state index is 10.6. The minimum Gasteiger partial charge on any atom is -0.502 e. The largest absolute Gasteiger partial charge is 0.502 e. The summed E-state index contributed by atoms with van der Waals surface area (Å²) in [4.78, 5) is 20.0. The maximum atomic E-state index is 10.6. The Balaban J connectivity index is 3.20. The molecule has 0 radical (unpaired) electrons. The lowest BCUT2D eigenvalue weighted by atomic mass is 10.2. The molecule has 0 aromatic heterocycles. The Morgan fingerprint density at radius 3 is 2.54 bits per heavy atom. The van der Waals surface area contributed by atoms with E-state index in [0.29, 0.717) is 0 Å². The van der Waals surface area contributed by atoms with E-state index in [1.165, 1.54) is 6.07 Å². The summed E-state index contributed by atoms with van der Waals surface area (Å²) in [5, 5.41) is 18.5. The van der Waals surface area contributed by atoms with Crippen LogP contribution >= 0.6 is 11.6 Å². The Labute approximate surface area is 77.7 Å². The molecule has 0 aliphatic heterocycles. The number of nitrogens with zero attached hydrogens (tertiary/aromatic N) is 1. The van der Waals surface area contributed by atoms with Gasteiger partial charge in [0.25, 0.3) is 5.24 Å². The number of rotatable bonds is 2. The van der Waals surface area contributed by atoms with Crippen LogP contribution in [0.25, 0.3) is 0 Å². The van der Waals surface area contributed by atoms with Crippen LogP contribution in [0.5, 0.6) is 5.75 Å². The standard InChI is InChI=1S/C7H4ClNO4/c8-7(11)4-1-2-5(9(12)13)6(10)3-4/h1-3,10H. The van der Waals surface area contributed by atoms with Crippen molar-refractivity contribution in [2.45, 2.75) is 0 Å². The minimum absolute atomic E-state index is 0.0183. The topological polar surface area (TPSA) is 80.4 Å². The third-order valence-electron chi connectivity index (χ3n) is 1.40. The first kappa shape index (κ1) is 9.47. The van der Waals surface area contributed by atoms with E-state index in [-0.39, 0.29) is 5.56 Å². The van der Waals surface area contributed by atoms with Crippen LogP contribution in [0.4, 0.5) is 5.69 Å². The van der Waals surface area contributed by atoms with Gasteiger partial charge in [-0.1, -0.05) is 0 Å². The summed E-state index contributed by atoms with van der Waals surface area (Å²) < 4.78 is 0. The first-order valence-corrected chi connectivity index (χ1v) is 3.57. The van der Waals surface area contributed by atoms with Gasteiger partial charge in [0, 0.05) is 11.6 Å². The van der Waals surface area contributed by atoms with E-state index in [1.807, 2.05) is 0 Å². The minimum atomic E-state index is -0.773. The highest BCUT2D eigenvalue weighted by atomic mass is 35.5. The molecule has 6 heteroatoms. The molecule has 0 amide bonds. The summed E-state index contributed by atoms with van der Waals surface area (Å²) in [5.41, 5.74) is -0.438. The van der Waals surface area contributed by atoms with Crippen molar-refractivity contribution in [1.82, 2.24) is 0 Å². The number of phenols is 1. The first-order valence-electron chi connectivity index (χ1n) is 3.19. The molecule has 68 valence electrons. The van der Waals surface area contributed by atoms with Gasteiger partial charge in [0.2, 0.25) is 0 Å². The molecule has 0 aliphatic carbocycles. The van der Waals surface area contributed by atoms with Crippen molar-refractivity contribution in [3.8, 4) is 5.75 Å². The average Bonchev–Trinajstić information content (AvgIpc) is 2.03. The van der Waals surface area contributed by atoms with Gasteiger partial charge in [0.05, 0.1) is 4.92 Å². The molecule has 0 unspecified atom stereocenters. The second kappa shape index (κ2) is 3.40. The fraction of sp³-hybridized carbons (Fsp3) is 0. The summed E-state index contributed by atoms with van der Waals surface area (Å²) in [6.07, 6.45) is 0. The van der Waals surface area contributed by atoms with Crippen molar-refractivity contribution in [3.05, 3.63) is 33.9 Å². The first-order chi connectivity index (χ1) is 6.02. The Morgan fingerprint density at radius 2 is 2.15 bits per heavy atom. The zero-order chi connectivity index (χ0) is 10.0. The van der Waals surface area contributed by atoms with E-state index in [2.05, 4.69) is 0 Å². The zero-order valence-corrected chi connectivity index (χ0v) is 6.99. The molecule has 5 nitrogen and oxygen atoms in total. The summed E-state index contributed by atoms with van der Waals surface area (Å²) in [5.74, 6) is -0.573. The highest BCUT2D eigenvalue weighted by Crippen LogP contribution is 2.26. The smallest absolute Gasteiger partial charge is 0.310 e. The number of hydrogen-bond acceptors (Lipinski definition) is 4. The van der Waals surface area contributed by atoms with Crippen molar-refractivity contribution in [2.24, 2.45) is 0 Å². The highest BCUT2D eigenvalue weighted by Gasteiger charge is 2.14. The normalized spacial score (nSPS) is 9.62. The number of phenolic OH excluding ortho intramolecular Hbond substituents is 1. The number of benzene rings is 1. The van der Waals surface area contributed by atoms with E-state index in [4.69, 9.17) is 16.7 Å². The number of carbonyl (C=O) groups is 1. The molecule has 0 spiro atoms. The Kier molecular flexibility index (Phi) is 2.48. The SMILES string of the molecule is O=C(Cl)c1ccc([N+](=O)[O-])c(O)c1. The fourth-order valence-electron chi connectivity index (χ4n) is 0.800. The summed E-state index contributed by atoms with van der Waals surface area (Å²) in [7, 11) is 0. The second-order valence-electron chi connectivity index (χ2n) is 2.23. The van der Waals surface area contributed by atoms with Gasteiger partial charge in [-0.25, -0.2) is 0 Å². The van der Waals surface area contributed by atoms with Gasteiger partial charge in [-0.3, -0.25) is 14.9 Å². The molecule has 0 saturated heterocycles. The second-order valence-corrected chi connectivity index (χ2v) is 2.58. The Hall–Kier alpha value is -1.62. The van der Waals surface area contributed by atoms with Crippen LogP contribution in [0.2, 0.25) is 0 Å². The van der Waals surface area contributed by atoms with Crippen molar-refractivity contribution < 1.29 is 14.8 Å². The number of aromatic hydroxyl groups is 1. The molecule has 0 fully saturated rings. The fourth-order valence-corrected chi connectivity index (χ4v) is 0.918. The van der Waals surface area contributed by atoms with Crippen LogP contribution in [-0.2, 0) is 0 Å². The maximum Gasteiger partial charge on any atom is 0.310 e. The molecule has 1 aromatic carbocycles. The van der Waals surface area contributed by atoms with Crippen molar-refractivity contribution in [1.29, 1.82) is 0 Å². The molecule has 0 bridgehead atoms. The molecule has 1 N–H and O–H groups in total. The third kappa shape index (κ3) is 1.94.